The van der Waals surface area contributed by atoms with Crippen LogP contribution in [0.1, 0.15) is 26.2 Å². The highest BCUT2D eigenvalue weighted by molar-refractivity contribution is 6.53. The predicted molar refractivity (Wildman–Crippen MR) is 57.1 cm³/mol. The molecule has 0 rings (SSSR count). The molecule has 4 heteroatoms. The zero-order valence-electron chi connectivity index (χ0n) is 7.72. The van der Waals surface area contributed by atoms with Crippen molar-refractivity contribution in [2.45, 2.75) is 37.1 Å². The van der Waals surface area contributed by atoms with E-state index in [-0.39, 0.29) is 11.9 Å². The molecular weight excluding hydrogens is 209 g/mol. The van der Waals surface area contributed by atoms with Gasteiger partial charge >= 0.3 is 0 Å². The van der Waals surface area contributed by atoms with E-state index in [2.05, 4.69) is 18.8 Å². The van der Waals surface area contributed by atoms with Crippen LogP contribution in [0.2, 0.25) is 0 Å². The third-order valence-corrected chi connectivity index (χ3v) is 2.03. The molecule has 0 aromatic heterocycles. The van der Waals surface area contributed by atoms with E-state index in [0.717, 1.165) is 19.3 Å². The van der Waals surface area contributed by atoms with Gasteiger partial charge in [0.1, 0.15) is 0 Å². The van der Waals surface area contributed by atoms with Gasteiger partial charge in [0.05, 0.1) is 0 Å². The largest absolute Gasteiger partial charge is 0.351 e. The molecule has 76 valence electrons. The lowest BCUT2D eigenvalue weighted by atomic mass is 10.1. The van der Waals surface area contributed by atoms with Gasteiger partial charge < -0.3 is 5.32 Å². The van der Waals surface area contributed by atoms with E-state index in [4.69, 9.17) is 23.2 Å². The molecule has 1 atom stereocenters. The third kappa shape index (κ3) is 5.94. The Labute approximate surface area is 89.3 Å². The number of halogens is 2. The van der Waals surface area contributed by atoms with E-state index in [9.17, 15) is 4.79 Å². The summed E-state index contributed by atoms with van der Waals surface area (Å²) in [5.41, 5.74) is 0. The van der Waals surface area contributed by atoms with Crippen molar-refractivity contribution in [1.29, 1.82) is 0 Å². The molecule has 1 amide bonds. The molecule has 1 unspecified atom stereocenters. The van der Waals surface area contributed by atoms with Crippen LogP contribution in [0.4, 0.5) is 0 Å². The van der Waals surface area contributed by atoms with Crippen molar-refractivity contribution < 1.29 is 4.79 Å². The minimum atomic E-state index is -0.982. The highest BCUT2D eigenvalue weighted by Crippen LogP contribution is 2.06. The molecule has 0 saturated carbocycles. The van der Waals surface area contributed by atoms with Gasteiger partial charge in [-0.1, -0.05) is 42.6 Å². The van der Waals surface area contributed by atoms with Gasteiger partial charge in [-0.2, -0.15) is 0 Å². The number of nitrogens with one attached hydrogen (secondary N) is 1. The lowest BCUT2D eigenvalue weighted by Gasteiger charge is -2.16. The summed E-state index contributed by atoms with van der Waals surface area (Å²) in [6.45, 7) is 5.67. The topological polar surface area (TPSA) is 29.1 Å². The maximum absolute atomic E-state index is 11.1. The summed E-state index contributed by atoms with van der Waals surface area (Å²) >= 11 is 10.8. The first-order valence-electron chi connectivity index (χ1n) is 4.31. The zero-order valence-corrected chi connectivity index (χ0v) is 9.24. The van der Waals surface area contributed by atoms with Crippen molar-refractivity contribution in [3.05, 3.63) is 12.7 Å². The molecule has 0 aromatic carbocycles. The zero-order chi connectivity index (χ0) is 10.3. The fraction of sp³-hybridized carbons (Fsp3) is 0.667. The first-order chi connectivity index (χ1) is 6.11. The number of alkyl halides is 2. The first kappa shape index (κ1) is 12.8. The van der Waals surface area contributed by atoms with E-state index in [0.29, 0.717) is 0 Å². The smallest absolute Gasteiger partial charge is 0.253 e. The van der Waals surface area contributed by atoms with Crippen LogP contribution in [0.25, 0.3) is 0 Å². The van der Waals surface area contributed by atoms with Gasteiger partial charge in [0, 0.05) is 6.04 Å². The van der Waals surface area contributed by atoms with Gasteiger partial charge in [-0.3, -0.25) is 4.79 Å². The SMILES string of the molecule is C=CCC(CCC)NC(=O)C(Cl)Cl. The maximum Gasteiger partial charge on any atom is 0.253 e. The Morgan fingerprint density at radius 2 is 2.23 bits per heavy atom. The molecule has 0 saturated heterocycles. The number of hydrogen-bond acceptors (Lipinski definition) is 1. The van der Waals surface area contributed by atoms with Gasteiger partial charge in [0.25, 0.3) is 5.91 Å². The summed E-state index contributed by atoms with van der Waals surface area (Å²) < 4.78 is 0. The number of hydrogen-bond donors (Lipinski definition) is 1. The molecule has 0 spiro atoms. The summed E-state index contributed by atoms with van der Waals surface area (Å²) in [7, 11) is 0. The van der Waals surface area contributed by atoms with Crippen LogP contribution in [0, 0.1) is 0 Å². The quantitative estimate of drug-likeness (QED) is 0.545. The van der Waals surface area contributed by atoms with E-state index >= 15 is 0 Å². The summed E-state index contributed by atoms with van der Waals surface area (Å²) in [6, 6.07) is 0.106. The van der Waals surface area contributed by atoms with Crippen molar-refractivity contribution >= 4 is 29.1 Å². The van der Waals surface area contributed by atoms with E-state index in [1.54, 1.807) is 6.08 Å². The summed E-state index contributed by atoms with van der Waals surface area (Å²) in [6.07, 6.45) is 4.45. The van der Waals surface area contributed by atoms with Crippen LogP contribution in [0.3, 0.4) is 0 Å². The second kappa shape index (κ2) is 7.22. The maximum atomic E-state index is 11.1. The van der Waals surface area contributed by atoms with Crippen molar-refractivity contribution in [1.82, 2.24) is 5.32 Å². The van der Waals surface area contributed by atoms with Crippen LogP contribution in [0.15, 0.2) is 12.7 Å². The van der Waals surface area contributed by atoms with E-state index in [1.165, 1.54) is 0 Å². The lowest BCUT2D eigenvalue weighted by Crippen LogP contribution is -2.37. The molecule has 0 aliphatic carbocycles. The fourth-order valence-corrected chi connectivity index (χ4v) is 1.19. The van der Waals surface area contributed by atoms with E-state index in [1.807, 2.05) is 0 Å². The molecule has 0 aliphatic heterocycles. The van der Waals surface area contributed by atoms with Crippen LogP contribution in [0.5, 0.6) is 0 Å². The average molecular weight is 224 g/mol. The second-order valence-corrected chi connectivity index (χ2v) is 3.92. The standard InChI is InChI=1S/C9H15Cl2NO/c1-3-5-7(6-4-2)12-9(13)8(10)11/h3,7-8H,1,4-6H2,2H3,(H,12,13). The molecule has 0 bridgehead atoms. The average Bonchev–Trinajstić information content (AvgIpc) is 2.05. The monoisotopic (exact) mass is 223 g/mol. The highest BCUT2D eigenvalue weighted by atomic mass is 35.5. The molecule has 0 aromatic rings. The van der Waals surface area contributed by atoms with Gasteiger partial charge in [0.2, 0.25) is 0 Å². The molecule has 0 heterocycles. The molecular formula is C9H15Cl2NO. The first-order valence-corrected chi connectivity index (χ1v) is 5.18. The van der Waals surface area contributed by atoms with Gasteiger partial charge in [-0.05, 0) is 12.8 Å². The Morgan fingerprint density at radius 3 is 2.62 bits per heavy atom. The fourth-order valence-electron chi connectivity index (χ4n) is 1.06. The lowest BCUT2D eigenvalue weighted by molar-refractivity contribution is -0.120. The van der Waals surface area contributed by atoms with Crippen molar-refractivity contribution in [3.8, 4) is 0 Å². The number of carbonyl (C=O) groups is 1. The molecule has 1 N–H and O–H groups in total. The van der Waals surface area contributed by atoms with E-state index < -0.39 is 4.84 Å². The Bertz CT molecular complexity index is 171. The molecule has 0 aliphatic rings. The molecule has 0 fully saturated rings. The summed E-state index contributed by atoms with van der Waals surface area (Å²) in [4.78, 5) is 10.1. The predicted octanol–water partition coefficient (Wildman–Crippen LogP) is 2.65. The van der Waals surface area contributed by atoms with Crippen LogP contribution < -0.4 is 5.32 Å². The molecule has 2 nitrogen and oxygen atoms in total. The minimum absolute atomic E-state index is 0.106. The Kier molecular flexibility index (Phi) is 7.10. The van der Waals surface area contributed by atoms with Crippen LogP contribution in [-0.2, 0) is 4.79 Å². The van der Waals surface area contributed by atoms with Crippen LogP contribution in [-0.4, -0.2) is 16.8 Å². The third-order valence-electron chi connectivity index (χ3n) is 1.63. The summed E-state index contributed by atoms with van der Waals surface area (Å²) in [5.74, 6) is -0.330. The van der Waals surface area contributed by atoms with Gasteiger partial charge in [-0.15, -0.1) is 6.58 Å². The summed E-state index contributed by atoms with van der Waals surface area (Å²) in [5, 5.41) is 2.74. The second-order valence-electron chi connectivity index (χ2n) is 2.82. The van der Waals surface area contributed by atoms with Gasteiger partial charge in [0.15, 0.2) is 4.84 Å². The highest BCUT2D eigenvalue weighted by Gasteiger charge is 2.15. The van der Waals surface area contributed by atoms with Crippen molar-refractivity contribution in [2.24, 2.45) is 0 Å². The molecule has 0 radical (unpaired) electrons. The molecule has 13 heavy (non-hydrogen) atoms. The number of amides is 1. The Hall–Kier alpha value is -0.210. The van der Waals surface area contributed by atoms with Gasteiger partial charge in [-0.25, -0.2) is 0 Å². The number of rotatable bonds is 6. The minimum Gasteiger partial charge on any atom is -0.351 e. The van der Waals surface area contributed by atoms with Crippen LogP contribution >= 0.6 is 23.2 Å². The Balaban J connectivity index is 3.92. The normalized spacial score (nSPS) is 12.6. The number of carbonyl (C=O) groups excluding carboxylic acids is 1. The Morgan fingerprint density at radius 1 is 1.62 bits per heavy atom. The van der Waals surface area contributed by atoms with Crippen molar-refractivity contribution in [2.75, 3.05) is 0 Å². The van der Waals surface area contributed by atoms with Crippen molar-refractivity contribution in [3.63, 3.8) is 0 Å².